The maximum Gasteiger partial charge on any atom is 0.215 e. The number of halogens is 1. The molecule has 0 aromatic carbocycles. The summed E-state index contributed by atoms with van der Waals surface area (Å²) in [4.78, 5) is 0. The number of hydrogen-bond donors (Lipinski definition) is 2. The van der Waals surface area contributed by atoms with E-state index >= 15 is 0 Å². The fourth-order valence-corrected chi connectivity index (χ4v) is 0. The molecule has 7 heavy (non-hydrogen) atoms. The zero-order valence-electron chi connectivity index (χ0n) is 3.23. The predicted octanol–water partition coefficient (Wildman–Crippen LogP) is -1.37. The largest absolute Gasteiger partial charge is 0.726 e. The second-order valence-corrected chi connectivity index (χ2v) is 1.28. The fourth-order valence-electron chi connectivity index (χ4n) is 0. The van der Waals surface area contributed by atoms with Gasteiger partial charge in [0, 0.05) is 0 Å². The summed E-state index contributed by atoms with van der Waals surface area (Å²) in [6.07, 6.45) is 0. The molecular formula is H6ClNO4S. The molecule has 0 atom stereocenters. The second kappa shape index (κ2) is 4.28. The molecule has 0 rings (SSSR count). The van der Waals surface area contributed by atoms with Crippen LogP contribution in [0.5, 0.6) is 0 Å². The molecule has 0 aliphatic heterocycles. The van der Waals surface area contributed by atoms with Crippen LogP contribution in [0.15, 0.2) is 0 Å². The van der Waals surface area contributed by atoms with Crippen molar-refractivity contribution in [2.24, 2.45) is 0 Å². The Morgan fingerprint density at radius 3 is 1.43 bits per heavy atom. The molecule has 0 aliphatic carbocycles. The van der Waals surface area contributed by atoms with Crippen LogP contribution in [-0.4, -0.2) is 17.5 Å². The minimum atomic E-state index is -4.92. The lowest BCUT2D eigenvalue weighted by molar-refractivity contribution is -0.00000855. The SMILES string of the molecule is N.O=S(=O)([O-])O.[ClH2+]. The third kappa shape index (κ3) is 7210. The van der Waals surface area contributed by atoms with Crippen LogP contribution in [0.4, 0.5) is 0 Å². The molecule has 0 heterocycles. The van der Waals surface area contributed by atoms with Crippen LogP contribution in [0.3, 0.4) is 0 Å². The van der Waals surface area contributed by atoms with E-state index in [4.69, 9.17) is 17.5 Å². The zero-order chi connectivity index (χ0) is 4.50. The van der Waals surface area contributed by atoms with Crippen LogP contribution in [0.2, 0.25) is 0 Å². The Bertz CT molecular complexity index is 94.9. The van der Waals surface area contributed by atoms with E-state index in [-0.39, 0.29) is 18.6 Å². The third-order valence-electron chi connectivity index (χ3n) is 0. The van der Waals surface area contributed by atoms with Crippen LogP contribution in [0, 0.1) is 12.4 Å². The lowest BCUT2D eigenvalue weighted by Crippen LogP contribution is -1.90. The first-order chi connectivity index (χ1) is 2.00. The molecule has 0 aromatic heterocycles. The lowest BCUT2D eigenvalue weighted by Gasteiger charge is -1.88. The average Bonchev–Trinajstić information content (AvgIpc) is 0.722. The van der Waals surface area contributed by atoms with Crippen LogP contribution in [0.1, 0.15) is 0 Å². The van der Waals surface area contributed by atoms with Crippen molar-refractivity contribution in [2.45, 2.75) is 0 Å². The van der Waals surface area contributed by atoms with Crippen molar-refractivity contribution < 1.29 is 29.9 Å². The normalized spacial score (nSPS) is 8.29. The van der Waals surface area contributed by atoms with Gasteiger partial charge in [-0.05, 0) is 0 Å². The van der Waals surface area contributed by atoms with Crippen molar-refractivity contribution in [1.29, 1.82) is 0 Å². The van der Waals surface area contributed by atoms with Gasteiger partial charge in [-0.15, -0.1) is 0 Å². The Morgan fingerprint density at radius 1 is 1.43 bits per heavy atom. The standard InChI is InChI=1S/ClH2.H3N.H2O4S/c;;1-5(2,3)4/h1H2;1H3;(H2,1,2,3,4)/q+1;;/p-1. The smallest absolute Gasteiger partial charge is 0.215 e. The van der Waals surface area contributed by atoms with Gasteiger partial charge in [0.1, 0.15) is 0 Å². The topological polar surface area (TPSA) is 112 Å². The van der Waals surface area contributed by atoms with E-state index in [2.05, 4.69) is 0 Å². The fraction of sp³-hybridized carbons (Fsp3) is 0. The van der Waals surface area contributed by atoms with E-state index in [1.54, 1.807) is 0 Å². The average molecular weight is 152 g/mol. The highest BCUT2D eigenvalue weighted by Gasteiger charge is 1.67. The van der Waals surface area contributed by atoms with E-state index in [1.165, 1.54) is 0 Å². The molecule has 0 saturated carbocycles. The summed E-state index contributed by atoms with van der Waals surface area (Å²) in [7, 11) is -4.92. The van der Waals surface area contributed by atoms with Crippen molar-refractivity contribution in [3.63, 3.8) is 0 Å². The van der Waals surface area contributed by atoms with E-state index in [0.29, 0.717) is 0 Å². The molecule has 0 unspecified atom stereocenters. The summed E-state index contributed by atoms with van der Waals surface area (Å²) < 4.78 is 32.8. The highest BCUT2D eigenvalue weighted by molar-refractivity contribution is 7.79. The van der Waals surface area contributed by atoms with Crippen molar-refractivity contribution in [2.75, 3.05) is 0 Å². The van der Waals surface area contributed by atoms with Gasteiger partial charge in [-0.1, -0.05) is 0 Å². The van der Waals surface area contributed by atoms with Crippen LogP contribution < -0.4 is 6.15 Å². The molecule has 0 aromatic rings. The lowest BCUT2D eigenvalue weighted by atomic mass is 14.0. The first-order valence-corrected chi connectivity index (χ1v) is 2.05. The summed E-state index contributed by atoms with van der Waals surface area (Å²) in [5, 5.41) is 0. The van der Waals surface area contributed by atoms with Gasteiger partial charge in [0.05, 0.1) is 12.4 Å². The molecule has 4 N–H and O–H groups in total. The van der Waals surface area contributed by atoms with Gasteiger partial charge in [0.2, 0.25) is 10.4 Å². The Kier molecular flexibility index (Phi) is 9.61. The molecule has 0 amide bonds. The summed E-state index contributed by atoms with van der Waals surface area (Å²) in [5.41, 5.74) is 0. The van der Waals surface area contributed by atoms with E-state index in [0.717, 1.165) is 0 Å². The molecule has 48 valence electrons. The minimum absolute atomic E-state index is 0. The van der Waals surface area contributed by atoms with Gasteiger partial charge >= 0.3 is 0 Å². The molecule has 0 aliphatic rings. The van der Waals surface area contributed by atoms with Gasteiger partial charge in [0.25, 0.3) is 0 Å². The molecule has 0 spiro atoms. The van der Waals surface area contributed by atoms with E-state index < -0.39 is 10.4 Å². The monoisotopic (exact) mass is 151 g/mol. The Labute approximate surface area is 47.3 Å². The molecule has 0 bridgehead atoms. The molecule has 0 radical (unpaired) electrons. The quantitative estimate of drug-likeness (QED) is 0.328. The van der Waals surface area contributed by atoms with Gasteiger partial charge in [0.15, 0.2) is 0 Å². The van der Waals surface area contributed by atoms with E-state index in [1.807, 2.05) is 0 Å². The maximum absolute atomic E-state index is 8.63. The van der Waals surface area contributed by atoms with Gasteiger partial charge in [-0.3, -0.25) is 4.55 Å². The molecule has 0 saturated heterocycles. The van der Waals surface area contributed by atoms with Crippen molar-refractivity contribution in [3.8, 4) is 0 Å². The summed E-state index contributed by atoms with van der Waals surface area (Å²) in [5.74, 6) is 0. The predicted molar refractivity (Wildman–Crippen MR) is 20.1 cm³/mol. The van der Waals surface area contributed by atoms with Gasteiger partial charge in [-0.25, -0.2) is 8.42 Å². The van der Waals surface area contributed by atoms with Gasteiger partial charge in [-0.2, -0.15) is 0 Å². The summed E-state index contributed by atoms with van der Waals surface area (Å²) in [6, 6.07) is 0. The molecule has 0 fully saturated rings. The van der Waals surface area contributed by atoms with Crippen LogP contribution in [-0.2, 0) is 10.4 Å². The molecule has 5 nitrogen and oxygen atoms in total. The number of rotatable bonds is 0. The summed E-state index contributed by atoms with van der Waals surface area (Å²) in [6.45, 7) is 0. The Hall–Kier alpha value is 0.120. The van der Waals surface area contributed by atoms with Crippen molar-refractivity contribution in [3.05, 3.63) is 0 Å². The summed E-state index contributed by atoms with van der Waals surface area (Å²) >= 11 is 0. The first kappa shape index (κ1) is 15.7. The molecular weight excluding hydrogens is 146 g/mol. The first-order valence-electron chi connectivity index (χ1n) is 0.683. The second-order valence-electron chi connectivity index (χ2n) is 0.428. The van der Waals surface area contributed by atoms with Crippen molar-refractivity contribution >= 4 is 10.4 Å². The highest BCUT2D eigenvalue weighted by Crippen LogP contribution is 1.58. The Balaban J connectivity index is -0.0000000800. The van der Waals surface area contributed by atoms with E-state index in [9.17, 15) is 0 Å². The number of hydrogen-bond acceptors (Lipinski definition) is 4. The maximum atomic E-state index is 8.63. The highest BCUT2D eigenvalue weighted by atomic mass is 35.5. The molecule has 7 heteroatoms. The van der Waals surface area contributed by atoms with Crippen molar-refractivity contribution in [1.82, 2.24) is 6.15 Å². The van der Waals surface area contributed by atoms with Crippen LogP contribution in [0.25, 0.3) is 0 Å². The zero-order valence-corrected chi connectivity index (χ0v) is 4.95. The third-order valence-corrected chi connectivity index (χ3v) is 0. The minimum Gasteiger partial charge on any atom is -0.726 e. The Morgan fingerprint density at radius 2 is 1.43 bits per heavy atom. The van der Waals surface area contributed by atoms with Crippen LogP contribution >= 0.6 is 0 Å². The van der Waals surface area contributed by atoms with Gasteiger partial charge < -0.3 is 10.7 Å².